The Hall–Kier alpha value is -5.33. The van der Waals surface area contributed by atoms with Gasteiger partial charge in [0.2, 0.25) is 0 Å². The number of fused-ring (bicyclic) bond motifs is 1. The molecule has 0 spiro atoms. The second-order valence-electron chi connectivity index (χ2n) is 10.1. The van der Waals surface area contributed by atoms with Crippen LogP contribution in [0, 0.1) is 0 Å². The summed E-state index contributed by atoms with van der Waals surface area (Å²) >= 11 is 6.02. The fourth-order valence-electron chi connectivity index (χ4n) is 4.84. The fourth-order valence-corrected chi connectivity index (χ4v) is 5.04. The van der Waals surface area contributed by atoms with E-state index in [9.17, 15) is 24.3 Å². The maximum atomic E-state index is 13.2. The van der Waals surface area contributed by atoms with E-state index in [0.29, 0.717) is 38.0 Å². The zero-order valence-electron chi connectivity index (χ0n) is 24.1. The molecule has 4 rings (SSSR count). The number of phenolic OH excluding ortho intramolecular Hbond substituents is 1. The highest BCUT2D eigenvalue weighted by atomic mass is 35.5. The molecule has 12 nitrogen and oxygen atoms in total. The number of para-hydroxylation sites is 1. The third kappa shape index (κ3) is 9.58. The van der Waals surface area contributed by atoms with Gasteiger partial charge in [-0.25, -0.2) is 14.6 Å². The van der Waals surface area contributed by atoms with Crippen molar-refractivity contribution in [3.8, 4) is 5.75 Å². The predicted molar refractivity (Wildman–Crippen MR) is 166 cm³/mol. The minimum Gasteiger partial charge on any atom is -0.506 e. The summed E-state index contributed by atoms with van der Waals surface area (Å²) in [5.41, 5.74) is 7.37. The Labute approximate surface area is 264 Å². The third-order valence-electron chi connectivity index (χ3n) is 7.10. The molecule has 2 aromatic rings. The number of carbonyl (C=O) groups is 4. The van der Waals surface area contributed by atoms with E-state index in [4.69, 9.17) is 21.4 Å². The number of piperidine rings is 1. The van der Waals surface area contributed by atoms with Crippen molar-refractivity contribution in [3.05, 3.63) is 82.2 Å². The number of halogens is 1. The number of phenols is 1. The summed E-state index contributed by atoms with van der Waals surface area (Å²) in [5.74, 6) is 2.57. The molecular weight excluding hydrogens is 602 g/mol. The minimum atomic E-state index is -1.32. The molecule has 4 amide bonds. The van der Waals surface area contributed by atoms with E-state index in [1.807, 2.05) is 29.2 Å². The van der Waals surface area contributed by atoms with Crippen molar-refractivity contribution in [2.75, 3.05) is 31.5 Å². The van der Waals surface area contributed by atoms with Crippen molar-refractivity contribution < 1.29 is 34.1 Å². The molecule has 45 heavy (non-hydrogen) atoms. The highest BCUT2D eigenvalue weighted by Gasteiger charge is 2.33. The molecule has 0 bridgehead atoms. The molecule has 1 fully saturated rings. The van der Waals surface area contributed by atoms with Crippen molar-refractivity contribution in [1.29, 1.82) is 0 Å². The van der Waals surface area contributed by atoms with Gasteiger partial charge in [-0.15, -0.1) is 0 Å². The van der Waals surface area contributed by atoms with Crippen molar-refractivity contribution in [3.63, 3.8) is 0 Å². The summed E-state index contributed by atoms with van der Waals surface area (Å²) < 4.78 is 5.61. The molecule has 2 aromatic carbocycles. The van der Waals surface area contributed by atoms with Crippen molar-refractivity contribution in [1.82, 2.24) is 9.80 Å². The lowest BCUT2D eigenvalue weighted by molar-refractivity contribution is -0.135. The van der Waals surface area contributed by atoms with Gasteiger partial charge >= 0.3 is 18.1 Å². The zero-order valence-corrected chi connectivity index (χ0v) is 24.9. The van der Waals surface area contributed by atoms with Gasteiger partial charge in [-0.05, 0) is 72.2 Å². The van der Waals surface area contributed by atoms with E-state index in [1.54, 1.807) is 6.07 Å². The summed E-state index contributed by atoms with van der Waals surface area (Å²) in [7, 11) is 0. The van der Waals surface area contributed by atoms with Crippen LogP contribution in [0.4, 0.5) is 15.3 Å². The van der Waals surface area contributed by atoms with E-state index in [1.165, 1.54) is 29.2 Å². The Morgan fingerprint density at radius 2 is 1.82 bits per heavy atom. The summed E-state index contributed by atoms with van der Waals surface area (Å²) in [6.07, 6.45) is 2.33. The van der Waals surface area contributed by atoms with E-state index in [2.05, 4.69) is 38.5 Å². The average molecular weight is 632 g/mol. The number of hydrogen-bond acceptors (Lipinski definition) is 7. The number of ether oxygens (including phenoxy) is 1. The number of benzene rings is 2. The molecule has 0 aliphatic carbocycles. The first-order chi connectivity index (χ1) is 21.7. The molecule has 232 valence electrons. The van der Waals surface area contributed by atoms with Crippen LogP contribution in [0.1, 0.15) is 24.0 Å². The molecule has 2 aliphatic rings. The molecule has 3 N–H and O–H groups in total. The number of aromatic hydroxyl groups is 1. The summed E-state index contributed by atoms with van der Waals surface area (Å²) in [6.45, 7) is 0.779. The lowest BCUT2D eigenvalue weighted by Crippen LogP contribution is -2.50. The number of hydrogen-bond donors (Lipinski definition) is 3. The first kappa shape index (κ1) is 32.6. The maximum absolute atomic E-state index is 13.2. The summed E-state index contributed by atoms with van der Waals surface area (Å²) in [4.78, 5) is 59.9. The fraction of sp³-hybridized carbons (Fsp3) is 0.312. The molecule has 0 radical (unpaired) electrons. The number of rotatable bonds is 8. The van der Waals surface area contributed by atoms with Gasteiger partial charge in [0.15, 0.2) is 6.10 Å². The third-order valence-corrected chi connectivity index (χ3v) is 7.40. The molecular formula is C32H30ClN5O7. The number of anilines is 1. The van der Waals surface area contributed by atoms with Crippen LogP contribution in [0.3, 0.4) is 0 Å². The highest BCUT2D eigenvalue weighted by Crippen LogP contribution is 2.26. The maximum Gasteiger partial charge on any atom is 0.410 e. The number of carbonyl (C=O) groups excluding carboxylic acids is 3. The Balaban J connectivity index is 1.40. The van der Waals surface area contributed by atoms with Gasteiger partial charge in [0.1, 0.15) is 12.3 Å². The second kappa shape index (κ2) is 15.9. The van der Waals surface area contributed by atoms with E-state index in [-0.39, 0.29) is 29.3 Å². The number of allylic oxidation sites excluding steroid dienone is 2. The first-order valence-corrected chi connectivity index (χ1v) is 14.5. The summed E-state index contributed by atoms with van der Waals surface area (Å²) in [6, 6.07) is 11.8. The molecule has 13 heteroatoms. The lowest BCUT2D eigenvalue weighted by atomic mass is 10.0. The molecule has 1 saturated heterocycles. The molecule has 0 saturated carbocycles. The number of likely N-dealkylation sites (tertiary alicyclic amines) is 1. The standard InChI is InChI=1S/C32H30ClN5O7/c33-25-19-22(9-10-27(25)39)20-28(30(42)35-15-6-2-1-5-14-34-21-29(40)41)45-32(44)37-16-12-24(13-17-37)38-18-11-23-7-3-4-8-26(23)36-31(38)43/h1-4,7-10,19,24,28,39H,11-13,16-18,20-21H2,(H,36,43)(H,40,41)/t28-/m1/s1. The Bertz CT molecular complexity index is 1660. The number of nitrogens with zero attached hydrogens (tertiary/aromatic N) is 4. The highest BCUT2D eigenvalue weighted by molar-refractivity contribution is 6.32. The smallest absolute Gasteiger partial charge is 0.410 e. The van der Waals surface area contributed by atoms with Crippen molar-refractivity contribution in [2.45, 2.75) is 37.8 Å². The van der Waals surface area contributed by atoms with Crippen LogP contribution in [0.25, 0.3) is 0 Å². The van der Waals surface area contributed by atoms with Gasteiger partial charge in [0.25, 0.3) is 5.91 Å². The SMILES string of the molecule is O=C(O)CN=C=C=CC=C=C=NC(=O)[C@@H](Cc1ccc(O)c(Cl)c1)OC(=O)N1CCC(N2CCc3ccccc3NC2=O)CC1. The number of aliphatic carboxylic acids is 1. The quantitative estimate of drug-likeness (QED) is 0.225. The van der Waals surface area contributed by atoms with Gasteiger partial charge < -0.3 is 30.1 Å². The van der Waals surface area contributed by atoms with E-state index in [0.717, 1.165) is 17.7 Å². The molecule has 0 unspecified atom stereocenters. The number of carboxylic acids is 1. The van der Waals surface area contributed by atoms with Crippen molar-refractivity contribution >= 4 is 53.0 Å². The Kier molecular flexibility index (Phi) is 11.5. The van der Waals surface area contributed by atoms with E-state index < -0.39 is 30.6 Å². The van der Waals surface area contributed by atoms with Gasteiger partial charge in [0.05, 0.1) is 5.02 Å². The minimum absolute atomic E-state index is 0.0613. The first-order valence-electron chi connectivity index (χ1n) is 14.1. The molecule has 1 atom stereocenters. The van der Waals surface area contributed by atoms with Crippen LogP contribution in [-0.4, -0.2) is 94.1 Å². The van der Waals surface area contributed by atoms with Crippen molar-refractivity contribution in [2.24, 2.45) is 9.98 Å². The van der Waals surface area contributed by atoms with Crippen LogP contribution < -0.4 is 5.32 Å². The van der Waals surface area contributed by atoms with Crippen LogP contribution in [0.2, 0.25) is 5.02 Å². The van der Waals surface area contributed by atoms with Crippen LogP contribution in [-0.2, 0) is 27.2 Å². The van der Waals surface area contributed by atoms with E-state index >= 15 is 0 Å². The largest absolute Gasteiger partial charge is 0.506 e. The second-order valence-corrected chi connectivity index (χ2v) is 10.5. The van der Waals surface area contributed by atoms with Crippen LogP contribution >= 0.6 is 11.6 Å². The molecule has 2 aliphatic heterocycles. The Morgan fingerprint density at radius 3 is 2.56 bits per heavy atom. The zero-order chi connectivity index (χ0) is 32.2. The topological polar surface area (TPSA) is 161 Å². The van der Waals surface area contributed by atoms with Crippen LogP contribution in [0.15, 0.2) is 76.1 Å². The van der Waals surface area contributed by atoms with Crippen LogP contribution in [0.5, 0.6) is 5.75 Å². The average Bonchev–Trinajstić information content (AvgIpc) is 3.19. The van der Waals surface area contributed by atoms with Gasteiger partial charge in [-0.2, -0.15) is 4.99 Å². The van der Waals surface area contributed by atoms with Gasteiger partial charge in [-0.1, -0.05) is 35.9 Å². The number of urea groups is 1. The van der Waals surface area contributed by atoms with Gasteiger partial charge in [-0.3, -0.25) is 9.59 Å². The lowest BCUT2D eigenvalue weighted by Gasteiger charge is -2.37. The van der Waals surface area contributed by atoms with Gasteiger partial charge in [0, 0.05) is 49.5 Å². The summed E-state index contributed by atoms with van der Waals surface area (Å²) in [5, 5.41) is 21.3. The monoisotopic (exact) mass is 631 g/mol. The number of aliphatic imine (C=N–C) groups is 2. The number of nitrogens with one attached hydrogen (secondary N) is 1. The number of carboxylic acid groups (broad SMARTS) is 1. The Morgan fingerprint density at radius 1 is 1.09 bits per heavy atom. The molecule has 0 aromatic heterocycles. The predicted octanol–water partition coefficient (Wildman–Crippen LogP) is 4.02. The normalized spacial score (nSPS) is 14.9. The number of amides is 4. The molecule has 2 heterocycles.